The standard InChI is InChI=1S/C20H22N4O2.ClH/c1-26-16-10-8-15(9-11-16)24-18-7-3-2-6-17(18)22-20(24)23-19(25)14-5-4-12-21-13-14;/h2-3,6-11,14,21H,4-5,12-13H2,1H3,(H,22,23,25);1H. The number of anilines is 1. The third kappa shape index (κ3) is 3.91. The molecule has 7 heteroatoms. The number of aromatic nitrogens is 2. The summed E-state index contributed by atoms with van der Waals surface area (Å²) in [5.41, 5.74) is 2.73. The molecule has 0 spiro atoms. The number of hydrogen-bond acceptors (Lipinski definition) is 4. The summed E-state index contributed by atoms with van der Waals surface area (Å²) >= 11 is 0. The highest BCUT2D eigenvalue weighted by molar-refractivity contribution is 5.94. The van der Waals surface area contributed by atoms with Gasteiger partial charge in [-0.05, 0) is 55.8 Å². The van der Waals surface area contributed by atoms with Gasteiger partial charge in [-0.1, -0.05) is 12.1 Å². The van der Waals surface area contributed by atoms with Gasteiger partial charge in [0.05, 0.1) is 24.1 Å². The Morgan fingerprint density at radius 1 is 1.22 bits per heavy atom. The molecule has 142 valence electrons. The summed E-state index contributed by atoms with van der Waals surface area (Å²) in [4.78, 5) is 17.3. The Morgan fingerprint density at radius 3 is 2.70 bits per heavy atom. The molecule has 2 N–H and O–H groups in total. The Labute approximate surface area is 164 Å². The van der Waals surface area contributed by atoms with E-state index in [1.54, 1.807) is 7.11 Å². The highest BCUT2D eigenvalue weighted by Gasteiger charge is 2.23. The van der Waals surface area contributed by atoms with Crippen molar-refractivity contribution in [2.45, 2.75) is 12.8 Å². The van der Waals surface area contributed by atoms with Crippen LogP contribution < -0.4 is 15.4 Å². The second kappa shape index (κ2) is 8.41. The first kappa shape index (κ1) is 19.2. The van der Waals surface area contributed by atoms with Gasteiger partial charge in [0.25, 0.3) is 0 Å². The molecule has 1 amide bonds. The molecule has 0 aliphatic carbocycles. The summed E-state index contributed by atoms with van der Waals surface area (Å²) in [6, 6.07) is 15.6. The van der Waals surface area contributed by atoms with Crippen LogP contribution in [0.3, 0.4) is 0 Å². The van der Waals surface area contributed by atoms with Gasteiger partial charge in [0.1, 0.15) is 5.75 Å². The molecule has 1 unspecified atom stereocenters. The number of benzene rings is 2. The van der Waals surface area contributed by atoms with E-state index in [0.29, 0.717) is 12.5 Å². The first-order valence-electron chi connectivity index (χ1n) is 8.90. The number of fused-ring (bicyclic) bond motifs is 1. The maximum Gasteiger partial charge on any atom is 0.231 e. The number of nitrogens with one attached hydrogen (secondary N) is 2. The largest absolute Gasteiger partial charge is 0.497 e. The van der Waals surface area contributed by atoms with Crippen LogP contribution in [-0.4, -0.2) is 35.7 Å². The van der Waals surface area contributed by atoms with E-state index in [1.807, 2.05) is 53.1 Å². The number of imidazole rings is 1. The predicted molar refractivity (Wildman–Crippen MR) is 109 cm³/mol. The van der Waals surface area contributed by atoms with Crippen LogP contribution in [0.1, 0.15) is 12.8 Å². The first-order valence-corrected chi connectivity index (χ1v) is 8.90. The van der Waals surface area contributed by atoms with Gasteiger partial charge < -0.3 is 10.1 Å². The van der Waals surface area contributed by atoms with Gasteiger partial charge in [0.15, 0.2) is 0 Å². The number of halogens is 1. The molecule has 0 bridgehead atoms. The van der Waals surface area contributed by atoms with Crippen molar-refractivity contribution in [1.82, 2.24) is 14.9 Å². The molecule has 6 nitrogen and oxygen atoms in total. The van der Waals surface area contributed by atoms with Crippen molar-refractivity contribution in [3.63, 3.8) is 0 Å². The Kier molecular flexibility index (Phi) is 5.98. The normalized spacial score (nSPS) is 16.6. The molecule has 3 aromatic rings. The lowest BCUT2D eigenvalue weighted by molar-refractivity contribution is -0.120. The quantitative estimate of drug-likeness (QED) is 0.721. The molecule has 1 atom stereocenters. The van der Waals surface area contributed by atoms with Crippen molar-refractivity contribution in [2.75, 3.05) is 25.5 Å². The number of rotatable bonds is 4. The summed E-state index contributed by atoms with van der Waals surface area (Å²) in [7, 11) is 1.64. The van der Waals surface area contributed by atoms with Crippen molar-refractivity contribution in [3.05, 3.63) is 48.5 Å². The average Bonchev–Trinajstić information content (AvgIpc) is 3.06. The predicted octanol–water partition coefficient (Wildman–Crippen LogP) is 3.39. The summed E-state index contributed by atoms with van der Waals surface area (Å²) in [5.74, 6) is 1.33. The number of amides is 1. The lowest BCUT2D eigenvalue weighted by atomic mass is 9.99. The van der Waals surface area contributed by atoms with Crippen LogP contribution in [0.5, 0.6) is 5.75 Å². The van der Waals surface area contributed by atoms with Crippen molar-refractivity contribution >= 4 is 35.3 Å². The SMILES string of the molecule is COc1ccc(-n2c(NC(=O)C3CCCNC3)nc3ccccc32)cc1.Cl. The lowest BCUT2D eigenvalue weighted by Gasteiger charge is -2.22. The first-order chi connectivity index (χ1) is 12.8. The van der Waals surface area contributed by atoms with E-state index in [2.05, 4.69) is 15.6 Å². The highest BCUT2D eigenvalue weighted by Crippen LogP contribution is 2.26. The zero-order chi connectivity index (χ0) is 17.9. The zero-order valence-electron chi connectivity index (χ0n) is 15.1. The van der Waals surface area contributed by atoms with E-state index < -0.39 is 0 Å². The number of ether oxygens (including phenoxy) is 1. The Morgan fingerprint density at radius 2 is 2.00 bits per heavy atom. The molecule has 1 aliphatic heterocycles. The Bertz CT molecular complexity index is 917. The third-order valence-electron chi connectivity index (χ3n) is 4.79. The number of carbonyl (C=O) groups excluding carboxylic acids is 1. The molecule has 0 saturated carbocycles. The topological polar surface area (TPSA) is 68.2 Å². The van der Waals surface area contributed by atoms with Gasteiger partial charge in [-0.15, -0.1) is 12.4 Å². The fraction of sp³-hybridized carbons (Fsp3) is 0.300. The van der Waals surface area contributed by atoms with E-state index in [0.717, 1.165) is 41.9 Å². The molecule has 27 heavy (non-hydrogen) atoms. The minimum atomic E-state index is -0.0205. The van der Waals surface area contributed by atoms with Crippen LogP contribution in [0, 0.1) is 5.92 Å². The van der Waals surface area contributed by atoms with Crippen molar-refractivity contribution < 1.29 is 9.53 Å². The number of hydrogen-bond donors (Lipinski definition) is 2. The number of carbonyl (C=O) groups is 1. The number of piperidine rings is 1. The second-order valence-electron chi connectivity index (χ2n) is 6.49. The van der Waals surface area contributed by atoms with Gasteiger partial charge in [-0.3, -0.25) is 14.7 Å². The summed E-state index contributed by atoms with van der Waals surface area (Å²) in [6.45, 7) is 1.70. The smallest absolute Gasteiger partial charge is 0.231 e. The van der Waals surface area contributed by atoms with Gasteiger partial charge in [0.2, 0.25) is 11.9 Å². The molecule has 1 aromatic heterocycles. The zero-order valence-corrected chi connectivity index (χ0v) is 16.0. The number of methoxy groups -OCH3 is 1. The molecular weight excluding hydrogens is 364 g/mol. The van der Waals surface area contributed by atoms with E-state index in [4.69, 9.17) is 4.74 Å². The van der Waals surface area contributed by atoms with E-state index >= 15 is 0 Å². The van der Waals surface area contributed by atoms with Gasteiger partial charge in [0, 0.05) is 12.2 Å². The monoisotopic (exact) mass is 386 g/mol. The van der Waals surface area contributed by atoms with Crippen LogP contribution in [0.15, 0.2) is 48.5 Å². The van der Waals surface area contributed by atoms with Gasteiger partial charge in [-0.25, -0.2) is 4.98 Å². The molecule has 1 saturated heterocycles. The summed E-state index contributed by atoms with van der Waals surface area (Å²) in [6.07, 6.45) is 1.93. The molecule has 0 radical (unpaired) electrons. The fourth-order valence-electron chi connectivity index (χ4n) is 3.39. The molecule has 1 aliphatic rings. The maximum atomic E-state index is 12.7. The minimum absolute atomic E-state index is 0. The molecule has 2 aromatic carbocycles. The number of para-hydroxylation sites is 2. The van der Waals surface area contributed by atoms with Crippen molar-refractivity contribution in [3.8, 4) is 11.4 Å². The Hall–Kier alpha value is -2.57. The van der Waals surface area contributed by atoms with Gasteiger partial charge >= 0.3 is 0 Å². The lowest BCUT2D eigenvalue weighted by Crippen LogP contribution is -2.37. The van der Waals surface area contributed by atoms with Crippen LogP contribution >= 0.6 is 12.4 Å². The maximum absolute atomic E-state index is 12.7. The second-order valence-corrected chi connectivity index (χ2v) is 6.49. The van der Waals surface area contributed by atoms with Crippen molar-refractivity contribution in [2.24, 2.45) is 5.92 Å². The highest BCUT2D eigenvalue weighted by atomic mass is 35.5. The molecule has 2 heterocycles. The summed E-state index contributed by atoms with van der Waals surface area (Å²) < 4.78 is 7.22. The molecule has 4 rings (SSSR count). The van der Waals surface area contributed by atoms with Gasteiger partial charge in [-0.2, -0.15) is 0 Å². The molecular formula is C20H23ClN4O2. The number of nitrogens with zero attached hydrogens (tertiary/aromatic N) is 2. The van der Waals surface area contributed by atoms with E-state index in [1.165, 1.54) is 0 Å². The van der Waals surface area contributed by atoms with Crippen LogP contribution in [0.4, 0.5) is 5.95 Å². The van der Waals surface area contributed by atoms with E-state index in [-0.39, 0.29) is 24.2 Å². The minimum Gasteiger partial charge on any atom is -0.497 e. The third-order valence-corrected chi connectivity index (χ3v) is 4.79. The van der Waals surface area contributed by atoms with Crippen LogP contribution in [0.2, 0.25) is 0 Å². The van der Waals surface area contributed by atoms with Crippen molar-refractivity contribution in [1.29, 1.82) is 0 Å². The molecule has 1 fully saturated rings. The van der Waals surface area contributed by atoms with Crippen LogP contribution in [-0.2, 0) is 4.79 Å². The van der Waals surface area contributed by atoms with Crippen LogP contribution in [0.25, 0.3) is 16.7 Å². The van der Waals surface area contributed by atoms with E-state index in [9.17, 15) is 4.79 Å². The Balaban J connectivity index is 0.00000210. The summed E-state index contributed by atoms with van der Waals surface area (Å²) in [5, 5.41) is 6.32. The average molecular weight is 387 g/mol. The fourth-order valence-corrected chi connectivity index (χ4v) is 3.39.